The van der Waals surface area contributed by atoms with Crippen molar-refractivity contribution in [2.75, 3.05) is 57.3 Å². The quantitative estimate of drug-likeness (QED) is 0.704. The minimum atomic E-state index is -0.0690. The predicted octanol–water partition coefficient (Wildman–Crippen LogP) is 0.891. The van der Waals surface area contributed by atoms with Gasteiger partial charge in [0, 0.05) is 58.6 Å². The second kappa shape index (κ2) is 10.7. The first-order valence-electron chi connectivity index (χ1n) is 9.79. The molecule has 1 fully saturated rings. The molecule has 8 nitrogen and oxygen atoms in total. The van der Waals surface area contributed by atoms with Gasteiger partial charge in [-0.25, -0.2) is 9.78 Å². The van der Waals surface area contributed by atoms with Crippen molar-refractivity contribution in [1.82, 2.24) is 25.4 Å². The Hall–Kier alpha value is -2.35. The number of carbonyl (C=O) groups excluding carboxylic acids is 2. The molecule has 0 atom stereocenters. The Morgan fingerprint density at radius 1 is 1.07 bits per heavy atom. The summed E-state index contributed by atoms with van der Waals surface area (Å²) in [5.74, 6) is 0.995. The number of aromatic nitrogens is 1. The molecule has 2 heterocycles. The molecule has 1 aromatic heterocycles. The molecule has 2 rings (SSSR count). The second-order valence-electron chi connectivity index (χ2n) is 6.57. The lowest BCUT2D eigenvalue weighted by molar-refractivity contribution is -0.122. The van der Waals surface area contributed by atoms with Crippen molar-refractivity contribution in [2.24, 2.45) is 0 Å². The average molecular weight is 377 g/mol. The second-order valence-corrected chi connectivity index (χ2v) is 6.57. The van der Waals surface area contributed by atoms with Gasteiger partial charge in [-0.2, -0.15) is 0 Å². The molecule has 2 N–H and O–H groups in total. The highest BCUT2D eigenvalue weighted by molar-refractivity contribution is 5.78. The largest absolute Gasteiger partial charge is 0.357 e. The van der Waals surface area contributed by atoms with E-state index in [0.29, 0.717) is 45.8 Å². The van der Waals surface area contributed by atoms with Crippen molar-refractivity contribution in [3.05, 3.63) is 23.9 Å². The van der Waals surface area contributed by atoms with Crippen LogP contribution in [0.25, 0.3) is 0 Å². The smallest absolute Gasteiger partial charge is 0.317 e. The van der Waals surface area contributed by atoms with Crippen molar-refractivity contribution in [1.29, 1.82) is 0 Å². The van der Waals surface area contributed by atoms with Crippen LogP contribution in [-0.4, -0.2) is 79.1 Å². The monoisotopic (exact) mass is 376 g/mol. The van der Waals surface area contributed by atoms with Crippen LogP contribution in [0.1, 0.15) is 26.3 Å². The fourth-order valence-electron chi connectivity index (χ4n) is 3.11. The first kappa shape index (κ1) is 21.0. The molecular formula is C19H32N6O2. The molecule has 0 bridgehead atoms. The van der Waals surface area contributed by atoms with E-state index in [2.05, 4.69) is 39.3 Å². The Bertz CT molecular complexity index is 595. The molecule has 0 spiro atoms. The van der Waals surface area contributed by atoms with Crippen LogP contribution in [0.4, 0.5) is 10.6 Å². The van der Waals surface area contributed by atoms with Crippen LogP contribution in [0.5, 0.6) is 0 Å². The maximum Gasteiger partial charge on any atom is 0.317 e. The number of hydrogen-bond acceptors (Lipinski definition) is 5. The molecule has 1 aromatic rings. The highest BCUT2D eigenvalue weighted by Crippen LogP contribution is 2.11. The Balaban J connectivity index is 1.74. The van der Waals surface area contributed by atoms with Gasteiger partial charge in [-0.3, -0.25) is 9.69 Å². The number of nitrogens with one attached hydrogen (secondary N) is 2. The third-order valence-corrected chi connectivity index (χ3v) is 4.74. The molecule has 1 aliphatic rings. The summed E-state index contributed by atoms with van der Waals surface area (Å²) < 4.78 is 0. The van der Waals surface area contributed by atoms with E-state index >= 15 is 0 Å². The van der Waals surface area contributed by atoms with Crippen molar-refractivity contribution in [2.45, 2.75) is 27.3 Å². The normalized spacial score (nSPS) is 14.7. The van der Waals surface area contributed by atoms with Gasteiger partial charge in [-0.15, -0.1) is 0 Å². The van der Waals surface area contributed by atoms with Crippen LogP contribution in [0.3, 0.4) is 0 Å². The van der Waals surface area contributed by atoms with Crippen LogP contribution in [0.2, 0.25) is 0 Å². The molecule has 8 heteroatoms. The lowest BCUT2D eigenvalue weighted by atomic mass is 10.2. The van der Waals surface area contributed by atoms with Gasteiger partial charge in [-0.05, 0) is 32.4 Å². The molecule has 3 amide bonds. The summed E-state index contributed by atoms with van der Waals surface area (Å²) in [6, 6.07) is 3.93. The number of piperazine rings is 1. The number of nitrogens with zero attached hydrogens (tertiary/aromatic N) is 4. The van der Waals surface area contributed by atoms with E-state index < -0.39 is 0 Å². The summed E-state index contributed by atoms with van der Waals surface area (Å²) in [5, 5.41) is 5.76. The molecule has 0 unspecified atom stereocenters. The maximum absolute atomic E-state index is 12.4. The fourth-order valence-corrected chi connectivity index (χ4v) is 3.11. The van der Waals surface area contributed by atoms with E-state index in [1.807, 2.05) is 25.3 Å². The Kier molecular flexibility index (Phi) is 8.32. The highest BCUT2D eigenvalue weighted by atomic mass is 16.2. The van der Waals surface area contributed by atoms with Gasteiger partial charge in [0.15, 0.2) is 0 Å². The van der Waals surface area contributed by atoms with E-state index in [0.717, 1.165) is 24.5 Å². The number of likely N-dealkylation sites (N-methyl/N-ethyl adjacent to an activating group) is 1. The topological polar surface area (TPSA) is 80.8 Å². The van der Waals surface area contributed by atoms with Gasteiger partial charge in [0.2, 0.25) is 5.91 Å². The zero-order chi connectivity index (χ0) is 19.6. The van der Waals surface area contributed by atoms with Crippen molar-refractivity contribution >= 4 is 17.8 Å². The van der Waals surface area contributed by atoms with Gasteiger partial charge in [-0.1, -0.05) is 6.07 Å². The molecule has 0 saturated carbocycles. The van der Waals surface area contributed by atoms with Gasteiger partial charge >= 0.3 is 6.03 Å². The summed E-state index contributed by atoms with van der Waals surface area (Å²) >= 11 is 0. The number of hydrogen-bond donors (Lipinski definition) is 2. The third-order valence-electron chi connectivity index (χ3n) is 4.74. The predicted molar refractivity (Wildman–Crippen MR) is 107 cm³/mol. The standard InChI is InChI=1S/C19H32N6O2/c1-4-20-18(26)15-23-9-11-25(12-10-23)19(27)22-14-16-7-8-17(21-13-16)24(5-2)6-3/h7-8,13H,4-6,9-12,14-15H2,1-3H3,(H,20,26)(H,22,27). The Morgan fingerprint density at radius 3 is 2.33 bits per heavy atom. The zero-order valence-corrected chi connectivity index (χ0v) is 16.7. The van der Waals surface area contributed by atoms with E-state index in [9.17, 15) is 9.59 Å². The summed E-state index contributed by atoms with van der Waals surface area (Å²) in [6.45, 7) is 12.2. The minimum absolute atomic E-state index is 0.0380. The average Bonchev–Trinajstić information content (AvgIpc) is 2.69. The number of anilines is 1. The van der Waals surface area contributed by atoms with Crippen LogP contribution in [0.15, 0.2) is 18.3 Å². The number of rotatable bonds is 8. The number of carbonyl (C=O) groups is 2. The summed E-state index contributed by atoms with van der Waals surface area (Å²) in [4.78, 5) is 34.5. The van der Waals surface area contributed by atoms with Crippen LogP contribution in [0, 0.1) is 0 Å². The van der Waals surface area contributed by atoms with Gasteiger partial charge in [0.05, 0.1) is 6.54 Å². The van der Waals surface area contributed by atoms with Crippen molar-refractivity contribution < 1.29 is 9.59 Å². The third kappa shape index (κ3) is 6.39. The van der Waals surface area contributed by atoms with Gasteiger partial charge in [0.1, 0.15) is 5.82 Å². The molecule has 0 aromatic carbocycles. The molecule has 150 valence electrons. The minimum Gasteiger partial charge on any atom is -0.357 e. The molecular weight excluding hydrogens is 344 g/mol. The summed E-state index contributed by atoms with van der Waals surface area (Å²) in [7, 11) is 0. The number of pyridine rings is 1. The van der Waals surface area contributed by atoms with Gasteiger partial charge in [0.25, 0.3) is 0 Å². The SMILES string of the molecule is CCNC(=O)CN1CCN(C(=O)NCc2ccc(N(CC)CC)nc2)CC1. The van der Waals surface area contributed by atoms with E-state index in [4.69, 9.17) is 0 Å². The summed E-state index contributed by atoms with van der Waals surface area (Å²) in [6.07, 6.45) is 1.82. The maximum atomic E-state index is 12.4. The molecule has 27 heavy (non-hydrogen) atoms. The first-order chi connectivity index (χ1) is 13.1. The van der Waals surface area contributed by atoms with Gasteiger partial charge < -0.3 is 20.4 Å². The number of amides is 3. The molecule has 1 saturated heterocycles. The molecule has 0 radical (unpaired) electrons. The van der Waals surface area contributed by atoms with Crippen molar-refractivity contribution in [3.63, 3.8) is 0 Å². The van der Waals surface area contributed by atoms with E-state index in [-0.39, 0.29) is 11.9 Å². The fraction of sp³-hybridized carbons (Fsp3) is 0.632. The lowest BCUT2D eigenvalue weighted by Gasteiger charge is -2.34. The first-order valence-corrected chi connectivity index (χ1v) is 9.79. The summed E-state index contributed by atoms with van der Waals surface area (Å²) in [5.41, 5.74) is 0.981. The van der Waals surface area contributed by atoms with Crippen LogP contribution < -0.4 is 15.5 Å². The molecule has 0 aliphatic carbocycles. The van der Waals surface area contributed by atoms with E-state index in [1.165, 1.54) is 0 Å². The number of urea groups is 1. The lowest BCUT2D eigenvalue weighted by Crippen LogP contribution is -2.53. The highest BCUT2D eigenvalue weighted by Gasteiger charge is 2.22. The Labute approximate surface area is 161 Å². The van der Waals surface area contributed by atoms with Crippen molar-refractivity contribution in [3.8, 4) is 0 Å². The van der Waals surface area contributed by atoms with E-state index in [1.54, 1.807) is 4.90 Å². The zero-order valence-electron chi connectivity index (χ0n) is 16.7. The van der Waals surface area contributed by atoms with Crippen LogP contribution in [-0.2, 0) is 11.3 Å². The van der Waals surface area contributed by atoms with Crippen LogP contribution >= 0.6 is 0 Å². The molecule has 1 aliphatic heterocycles. The Morgan fingerprint density at radius 2 is 1.78 bits per heavy atom.